The monoisotopic (exact) mass is 291 g/mol. The minimum atomic E-state index is 0.931. The van der Waals surface area contributed by atoms with Gasteiger partial charge in [0.1, 0.15) is 0 Å². The maximum absolute atomic E-state index is 4.58. The first-order valence-electron chi connectivity index (χ1n) is 6.85. The first-order chi connectivity index (χ1) is 8.85. The Balaban J connectivity index is 3.65. The summed E-state index contributed by atoms with van der Waals surface area (Å²) in [6.45, 7) is 5.00. The van der Waals surface area contributed by atoms with Crippen molar-refractivity contribution in [1.29, 1.82) is 0 Å². The summed E-state index contributed by atoms with van der Waals surface area (Å²) in [5.74, 6) is 3.48. The molecule has 0 aromatic rings. The Labute approximate surface area is 121 Å². The summed E-state index contributed by atoms with van der Waals surface area (Å²) in [5.41, 5.74) is 0. The zero-order valence-corrected chi connectivity index (χ0v) is 13.8. The Hall–Kier alpha value is -0.0300. The number of unbranched alkanes of at least 4 members (excludes halogenated alkanes) is 2. The van der Waals surface area contributed by atoms with Crippen LogP contribution in [0.4, 0.5) is 0 Å². The number of hydrogen-bond donors (Lipinski definition) is 2. The third kappa shape index (κ3) is 12.4. The second kappa shape index (κ2) is 15.0. The van der Waals surface area contributed by atoms with Crippen molar-refractivity contribution in [3.05, 3.63) is 0 Å². The van der Waals surface area contributed by atoms with Gasteiger partial charge in [-0.25, -0.2) is 0 Å². The Morgan fingerprint density at radius 1 is 0.944 bits per heavy atom. The highest BCUT2D eigenvalue weighted by atomic mass is 32.2. The number of nitrogens with one attached hydrogen (secondary N) is 2. The molecule has 0 aliphatic heterocycles. The predicted octanol–water partition coefficient (Wildman–Crippen LogP) is 2.83. The van der Waals surface area contributed by atoms with E-state index in [4.69, 9.17) is 0 Å². The number of thioether (sulfide) groups is 2. The second-order valence-electron chi connectivity index (χ2n) is 4.09. The van der Waals surface area contributed by atoms with Crippen LogP contribution in [0.2, 0.25) is 0 Å². The number of rotatable bonds is 11. The van der Waals surface area contributed by atoms with Crippen LogP contribution in [-0.4, -0.2) is 49.6 Å². The first-order valence-corrected chi connectivity index (χ1v) is 9.64. The van der Waals surface area contributed by atoms with Crippen molar-refractivity contribution < 1.29 is 0 Å². The lowest BCUT2D eigenvalue weighted by Crippen LogP contribution is -2.37. The maximum atomic E-state index is 4.58. The van der Waals surface area contributed by atoms with Crippen molar-refractivity contribution in [3.8, 4) is 0 Å². The van der Waals surface area contributed by atoms with E-state index >= 15 is 0 Å². The number of guanidine groups is 1. The van der Waals surface area contributed by atoms with Gasteiger partial charge in [-0.05, 0) is 56.6 Å². The highest BCUT2D eigenvalue weighted by Gasteiger charge is 1.96. The third-order valence-corrected chi connectivity index (χ3v) is 3.83. The highest BCUT2D eigenvalue weighted by Crippen LogP contribution is 1.99. The van der Waals surface area contributed by atoms with E-state index in [1.165, 1.54) is 37.2 Å². The smallest absolute Gasteiger partial charge is 0.191 e. The Kier molecular flexibility index (Phi) is 15.0. The van der Waals surface area contributed by atoms with Gasteiger partial charge in [0.25, 0.3) is 0 Å². The molecule has 0 spiro atoms. The maximum Gasteiger partial charge on any atom is 0.191 e. The van der Waals surface area contributed by atoms with Crippen molar-refractivity contribution in [2.45, 2.75) is 32.6 Å². The molecule has 0 heterocycles. The fourth-order valence-corrected chi connectivity index (χ4v) is 2.45. The van der Waals surface area contributed by atoms with Gasteiger partial charge in [0.15, 0.2) is 5.96 Å². The summed E-state index contributed by atoms with van der Waals surface area (Å²) < 4.78 is 0. The lowest BCUT2D eigenvalue weighted by Gasteiger charge is -2.10. The summed E-state index contributed by atoms with van der Waals surface area (Å²) in [6, 6.07) is 0. The van der Waals surface area contributed by atoms with E-state index in [2.05, 4.69) is 35.1 Å². The molecule has 5 heteroatoms. The van der Waals surface area contributed by atoms with Crippen LogP contribution < -0.4 is 10.6 Å². The van der Waals surface area contributed by atoms with Crippen LogP contribution in [0.3, 0.4) is 0 Å². The average Bonchev–Trinajstić information content (AvgIpc) is 2.38. The minimum absolute atomic E-state index is 0.931. The molecule has 0 unspecified atom stereocenters. The van der Waals surface area contributed by atoms with Gasteiger partial charge in [-0.3, -0.25) is 4.99 Å². The van der Waals surface area contributed by atoms with E-state index in [0.29, 0.717) is 0 Å². The van der Waals surface area contributed by atoms with Crippen LogP contribution in [0, 0.1) is 0 Å². The molecule has 0 saturated carbocycles. The topological polar surface area (TPSA) is 36.4 Å². The quantitative estimate of drug-likeness (QED) is 0.349. The van der Waals surface area contributed by atoms with Gasteiger partial charge in [0.2, 0.25) is 0 Å². The molecule has 0 radical (unpaired) electrons. The van der Waals surface area contributed by atoms with Crippen LogP contribution in [0.1, 0.15) is 32.6 Å². The van der Waals surface area contributed by atoms with E-state index in [1.54, 1.807) is 0 Å². The average molecular weight is 292 g/mol. The third-order valence-electron chi connectivity index (χ3n) is 2.44. The molecule has 0 rings (SSSR count). The highest BCUT2D eigenvalue weighted by molar-refractivity contribution is 7.98. The molecule has 0 saturated heterocycles. The molecule has 0 atom stereocenters. The normalized spacial score (nSPS) is 11.6. The van der Waals surface area contributed by atoms with Gasteiger partial charge >= 0.3 is 0 Å². The van der Waals surface area contributed by atoms with Gasteiger partial charge in [-0.2, -0.15) is 23.5 Å². The summed E-state index contributed by atoms with van der Waals surface area (Å²) in [6.07, 6.45) is 9.26. The molecule has 3 nitrogen and oxygen atoms in total. The standard InChI is InChI=1S/C13H29N3S2/c1-4-14-13(15-9-5-7-11-17-2)16-10-6-8-12-18-3/h4-12H2,1-3H3,(H2,14,15,16). The fourth-order valence-electron chi connectivity index (χ4n) is 1.47. The SMILES string of the molecule is CCNC(=NCCCCSC)NCCCCSC. The molecule has 0 amide bonds. The molecular formula is C13H29N3S2. The first kappa shape index (κ1) is 18.0. The van der Waals surface area contributed by atoms with Crippen LogP contribution >= 0.6 is 23.5 Å². The van der Waals surface area contributed by atoms with Gasteiger partial charge in [0, 0.05) is 19.6 Å². The van der Waals surface area contributed by atoms with Crippen molar-refractivity contribution >= 4 is 29.5 Å². The molecule has 0 aliphatic carbocycles. The van der Waals surface area contributed by atoms with E-state index in [1.807, 2.05) is 23.5 Å². The molecule has 108 valence electrons. The van der Waals surface area contributed by atoms with E-state index in [-0.39, 0.29) is 0 Å². The zero-order valence-electron chi connectivity index (χ0n) is 12.1. The number of nitrogens with zero attached hydrogens (tertiary/aromatic N) is 1. The molecule has 0 aromatic carbocycles. The largest absolute Gasteiger partial charge is 0.357 e. The molecule has 0 aliphatic rings. The zero-order chi connectivity index (χ0) is 13.5. The van der Waals surface area contributed by atoms with Crippen molar-refractivity contribution in [1.82, 2.24) is 10.6 Å². The van der Waals surface area contributed by atoms with Gasteiger partial charge in [-0.1, -0.05) is 0 Å². The van der Waals surface area contributed by atoms with E-state index in [0.717, 1.165) is 25.6 Å². The summed E-state index contributed by atoms with van der Waals surface area (Å²) in [7, 11) is 0. The summed E-state index contributed by atoms with van der Waals surface area (Å²) in [5, 5.41) is 6.69. The molecule has 0 aromatic heterocycles. The van der Waals surface area contributed by atoms with Crippen molar-refractivity contribution in [2.24, 2.45) is 4.99 Å². The van der Waals surface area contributed by atoms with Crippen molar-refractivity contribution in [2.75, 3.05) is 43.7 Å². The molecule has 0 bridgehead atoms. The fraction of sp³-hybridized carbons (Fsp3) is 0.923. The van der Waals surface area contributed by atoms with E-state index < -0.39 is 0 Å². The number of aliphatic imine (C=N–C) groups is 1. The Morgan fingerprint density at radius 3 is 2.22 bits per heavy atom. The van der Waals surface area contributed by atoms with Crippen LogP contribution in [0.25, 0.3) is 0 Å². The van der Waals surface area contributed by atoms with Gasteiger partial charge in [-0.15, -0.1) is 0 Å². The summed E-state index contributed by atoms with van der Waals surface area (Å²) >= 11 is 3.83. The molecule has 18 heavy (non-hydrogen) atoms. The second-order valence-corrected chi connectivity index (χ2v) is 6.06. The predicted molar refractivity (Wildman–Crippen MR) is 89.2 cm³/mol. The van der Waals surface area contributed by atoms with E-state index in [9.17, 15) is 0 Å². The lowest BCUT2D eigenvalue weighted by molar-refractivity contribution is 0.727. The van der Waals surface area contributed by atoms with Crippen molar-refractivity contribution in [3.63, 3.8) is 0 Å². The Morgan fingerprint density at radius 2 is 1.61 bits per heavy atom. The van der Waals surface area contributed by atoms with Crippen LogP contribution in [0.5, 0.6) is 0 Å². The lowest BCUT2D eigenvalue weighted by atomic mass is 10.3. The van der Waals surface area contributed by atoms with Gasteiger partial charge in [0.05, 0.1) is 0 Å². The number of hydrogen-bond acceptors (Lipinski definition) is 3. The molecule has 2 N–H and O–H groups in total. The Bertz CT molecular complexity index is 199. The summed E-state index contributed by atoms with van der Waals surface area (Å²) in [4.78, 5) is 4.58. The molecule has 0 fully saturated rings. The molecular weight excluding hydrogens is 262 g/mol. The van der Waals surface area contributed by atoms with Crippen LogP contribution in [-0.2, 0) is 0 Å². The van der Waals surface area contributed by atoms with Gasteiger partial charge < -0.3 is 10.6 Å². The minimum Gasteiger partial charge on any atom is -0.357 e. The van der Waals surface area contributed by atoms with Crippen LogP contribution in [0.15, 0.2) is 4.99 Å².